The molecule has 2 N–H and O–H groups in total. The third-order valence-corrected chi connectivity index (χ3v) is 4.28. The van der Waals surface area contributed by atoms with Gasteiger partial charge in [0.2, 0.25) is 0 Å². The second-order valence-electron chi connectivity index (χ2n) is 5.13. The fourth-order valence-electron chi connectivity index (χ4n) is 2.62. The number of hydrogen-bond donors (Lipinski definition) is 1. The van der Waals surface area contributed by atoms with E-state index in [-0.39, 0.29) is 12.1 Å². The summed E-state index contributed by atoms with van der Waals surface area (Å²) in [7, 11) is 0. The van der Waals surface area contributed by atoms with Gasteiger partial charge in [-0.3, -0.25) is 0 Å². The number of benzene rings is 2. The minimum absolute atomic E-state index is 0.0732. The molecule has 4 heteroatoms. The van der Waals surface area contributed by atoms with E-state index in [1.165, 1.54) is 5.56 Å². The molecule has 0 saturated carbocycles. The lowest BCUT2D eigenvalue weighted by molar-refractivity contribution is 0.161. The van der Waals surface area contributed by atoms with Crippen LogP contribution >= 0.6 is 23.2 Å². The Kier molecular flexibility index (Phi) is 3.63. The Morgan fingerprint density at radius 3 is 2.55 bits per heavy atom. The topological polar surface area (TPSA) is 35.2 Å². The van der Waals surface area contributed by atoms with E-state index >= 15 is 0 Å². The maximum atomic E-state index is 6.28. The van der Waals surface area contributed by atoms with Crippen LogP contribution in [0.5, 0.6) is 5.75 Å². The zero-order chi connectivity index (χ0) is 14.3. The van der Waals surface area contributed by atoms with Gasteiger partial charge in [-0.05, 0) is 25.1 Å². The molecule has 1 heterocycles. The van der Waals surface area contributed by atoms with Crippen molar-refractivity contribution in [1.29, 1.82) is 0 Å². The summed E-state index contributed by atoms with van der Waals surface area (Å²) in [5, 5.41) is 1.23. The van der Waals surface area contributed by atoms with Crippen molar-refractivity contribution in [2.24, 2.45) is 5.73 Å². The first kappa shape index (κ1) is 13.7. The lowest BCUT2D eigenvalue weighted by Crippen LogP contribution is -2.24. The van der Waals surface area contributed by atoms with Crippen molar-refractivity contribution >= 4 is 23.2 Å². The average molecular weight is 308 g/mol. The SMILES string of the molecule is Cc1ccc2c(c1)[C@@H](N)CC(c1c(Cl)cccc1Cl)O2. The minimum Gasteiger partial charge on any atom is -0.485 e. The van der Waals surface area contributed by atoms with Crippen molar-refractivity contribution < 1.29 is 4.74 Å². The van der Waals surface area contributed by atoms with E-state index < -0.39 is 0 Å². The second-order valence-corrected chi connectivity index (χ2v) is 5.94. The Hall–Kier alpha value is -1.22. The van der Waals surface area contributed by atoms with Crippen LogP contribution in [-0.2, 0) is 0 Å². The van der Waals surface area contributed by atoms with Gasteiger partial charge in [0, 0.05) is 33.6 Å². The number of hydrogen-bond acceptors (Lipinski definition) is 2. The number of halogens is 2. The molecular formula is C16H15Cl2NO. The van der Waals surface area contributed by atoms with Gasteiger partial charge in [0.25, 0.3) is 0 Å². The average Bonchev–Trinajstić information content (AvgIpc) is 2.39. The molecule has 2 aromatic carbocycles. The fraction of sp³-hybridized carbons (Fsp3) is 0.250. The van der Waals surface area contributed by atoms with Gasteiger partial charge >= 0.3 is 0 Å². The van der Waals surface area contributed by atoms with Gasteiger partial charge in [-0.2, -0.15) is 0 Å². The number of nitrogens with two attached hydrogens (primary N) is 1. The molecule has 3 rings (SSSR count). The Labute approximate surface area is 128 Å². The molecule has 0 aliphatic carbocycles. The van der Waals surface area contributed by atoms with Crippen LogP contribution in [0, 0.1) is 6.92 Å². The highest BCUT2D eigenvalue weighted by Gasteiger charge is 2.29. The zero-order valence-electron chi connectivity index (χ0n) is 11.1. The summed E-state index contributed by atoms with van der Waals surface area (Å²) in [4.78, 5) is 0. The van der Waals surface area contributed by atoms with Crippen LogP contribution in [0.15, 0.2) is 36.4 Å². The first-order chi connectivity index (χ1) is 9.56. The normalized spacial score (nSPS) is 21.2. The molecule has 0 radical (unpaired) electrons. The van der Waals surface area contributed by atoms with E-state index in [9.17, 15) is 0 Å². The van der Waals surface area contributed by atoms with Crippen LogP contribution in [0.1, 0.15) is 35.3 Å². The molecule has 2 atom stereocenters. The van der Waals surface area contributed by atoms with Crippen LogP contribution in [0.2, 0.25) is 10.0 Å². The molecular weight excluding hydrogens is 293 g/mol. The fourth-order valence-corrected chi connectivity index (χ4v) is 3.26. The molecule has 20 heavy (non-hydrogen) atoms. The van der Waals surface area contributed by atoms with E-state index in [0.717, 1.165) is 16.9 Å². The molecule has 2 nitrogen and oxygen atoms in total. The maximum absolute atomic E-state index is 6.28. The van der Waals surface area contributed by atoms with Crippen LogP contribution in [0.25, 0.3) is 0 Å². The van der Waals surface area contributed by atoms with E-state index in [4.69, 9.17) is 33.7 Å². The van der Waals surface area contributed by atoms with Crippen molar-refractivity contribution in [3.63, 3.8) is 0 Å². The maximum Gasteiger partial charge on any atom is 0.128 e. The monoisotopic (exact) mass is 307 g/mol. The van der Waals surface area contributed by atoms with Gasteiger partial charge in [0.1, 0.15) is 11.9 Å². The molecule has 104 valence electrons. The molecule has 0 spiro atoms. The molecule has 2 aromatic rings. The first-order valence-corrected chi connectivity index (χ1v) is 7.28. The van der Waals surface area contributed by atoms with Crippen molar-refractivity contribution in [2.75, 3.05) is 0 Å². The van der Waals surface area contributed by atoms with Crippen LogP contribution in [0.3, 0.4) is 0 Å². The highest BCUT2D eigenvalue weighted by atomic mass is 35.5. The van der Waals surface area contributed by atoms with E-state index in [2.05, 4.69) is 6.07 Å². The molecule has 1 aliphatic heterocycles. The molecule has 1 unspecified atom stereocenters. The zero-order valence-corrected chi connectivity index (χ0v) is 12.6. The Morgan fingerprint density at radius 1 is 1.15 bits per heavy atom. The predicted octanol–water partition coefficient (Wildman–Crippen LogP) is 4.83. The van der Waals surface area contributed by atoms with Crippen molar-refractivity contribution in [1.82, 2.24) is 0 Å². The predicted molar refractivity (Wildman–Crippen MR) is 82.6 cm³/mol. The Morgan fingerprint density at radius 2 is 1.85 bits per heavy atom. The number of rotatable bonds is 1. The third kappa shape index (κ3) is 2.39. The Bertz CT molecular complexity index is 637. The largest absolute Gasteiger partial charge is 0.485 e. The number of fused-ring (bicyclic) bond motifs is 1. The van der Waals surface area contributed by atoms with E-state index in [0.29, 0.717) is 16.5 Å². The quantitative estimate of drug-likeness (QED) is 0.819. The lowest BCUT2D eigenvalue weighted by Gasteiger charge is -2.31. The minimum atomic E-state index is -0.207. The van der Waals surface area contributed by atoms with Crippen LogP contribution < -0.4 is 10.5 Å². The molecule has 0 fully saturated rings. The van der Waals surface area contributed by atoms with Gasteiger partial charge in [0.05, 0.1) is 0 Å². The van der Waals surface area contributed by atoms with Crippen LogP contribution in [0.4, 0.5) is 0 Å². The van der Waals surface area contributed by atoms with Crippen molar-refractivity contribution in [2.45, 2.75) is 25.5 Å². The first-order valence-electron chi connectivity index (χ1n) is 6.53. The Balaban J connectivity index is 2.01. The molecule has 0 aromatic heterocycles. The van der Waals surface area contributed by atoms with Gasteiger partial charge in [-0.15, -0.1) is 0 Å². The van der Waals surface area contributed by atoms with Crippen LogP contribution in [-0.4, -0.2) is 0 Å². The molecule has 1 aliphatic rings. The highest BCUT2D eigenvalue weighted by Crippen LogP contribution is 2.43. The van der Waals surface area contributed by atoms with Gasteiger partial charge in [-0.25, -0.2) is 0 Å². The summed E-state index contributed by atoms with van der Waals surface area (Å²) in [6.45, 7) is 2.05. The second kappa shape index (κ2) is 5.28. The molecule has 0 saturated heterocycles. The number of ether oxygens (including phenoxy) is 1. The number of aryl methyl sites for hydroxylation is 1. The van der Waals surface area contributed by atoms with Crippen molar-refractivity contribution in [3.8, 4) is 5.75 Å². The summed E-state index contributed by atoms with van der Waals surface area (Å²) in [5.74, 6) is 0.815. The highest BCUT2D eigenvalue weighted by molar-refractivity contribution is 6.36. The molecule has 0 amide bonds. The third-order valence-electron chi connectivity index (χ3n) is 3.62. The summed E-state index contributed by atoms with van der Waals surface area (Å²) in [6.07, 6.45) is 0.460. The van der Waals surface area contributed by atoms with Crippen molar-refractivity contribution in [3.05, 3.63) is 63.1 Å². The van der Waals surface area contributed by atoms with Gasteiger partial charge in [0.15, 0.2) is 0 Å². The van der Waals surface area contributed by atoms with E-state index in [1.807, 2.05) is 37.3 Å². The standard InChI is InChI=1S/C16H15Cl2NO/c1-9-5-6-14-10(7-9)13(19)8-15(20-14)16-11(17)3-2-4-12(16)18/h2-7,13,15H,8,19H2,1H3/t13-,15?/m0/s1. The van der Waals surface area contributed by atoms with Gasteiger partial charge in [-0.1, -0.05) is 47.0 Å². The van der Waals surface area contributed by atoms with Gasteiger partial charge < -0.3 is 10.5 Å². The smallest absolute Gasteiger partial charge is 0.128 e. The summed E-state index contributed by atoms with van der Waals surface area (Å²) >= 11 is 12.5. The summed E-state index contributed by atoms with van der Waals surface area (Å²) in [5.41, 5.74) is 9.32. The van der Waals surface area contributed by atoms with E-state index in [1.54, 1.807) is 0 Å². The molecule has 0 bridgehead atoms. The lowest BCUT2D eigenvalue weighted by atomic mass is 9.92. The summed E-state index contributed by atoms with van der Waals surface area (Å²) in [6, 6.07) is 11.4. The summed E-state index contributed by atoms with van der Waals surface area (Å²) < 4.78 is 6.06.